The molecule has 1 aromatic carbocycles. The fourth-order valence-corrected chi connectivity index (χ4v) is 2.33. The summed E-state index contributed by atoms with van der Waals surface area (Å²) in [6.07, 6.45) is 0. The maximum absolute atomic E-state index is 8.44. The summed E-state index contributed by atoms with van der Waals surface area (Å²) in [7, 11) is 0. The van der Waals surface area contributed by atoms with Crippen LogP contribution in [0.15, 0.2) is 24.8 Å². The Labute approximate surface area is 89.2 Å². The summed E-state index contributed by atoms with van der Waals surface area (Å²) >= 11 is 6.49. The summed E-state index contributed by atoms with van der Waals surface area (Å²) in [5.74, 6) is 0.228. The van der Waals surface area contributed by atoms with Gasteiger partial charge in [0.1, 0.15) is 0 Å². The molecule has 0 saturated heterocycles. The van der Waals surface area contributed by atoms with Gasteiger partial charge < -0.3 is 9.87 Å². The third kappa shape index (κ3) is 1.57. The third-order valence-electron chi connectivity index (χ3n) is 1.85. The van der Waals surface area contributed by atoms with E-state index in [1.807, 2.05) is 12.1 Å². The van der Waals surface area contributed by atoms with E-state index in [-0.39, 0.29) is 5.76 Å². The Morgan fingerprint density at radius 1 is 1.57 bits per heavy atom. The van der Waals surface area contributed by atoms with Crippen molar-refractivity contribution >= 4 is 39.5 Å². The van der Waals surface area contributed by atoms with Crippen LogP contribution in [-0.4, -0.2) is 10.2 Å². The highest BCUT2D eigenvalue weighted by Crippen LogP contribution is 2.23. The maximum Gasteiger partial charge on any atom is 0.165 e. The smallest absolute Gasteiger partial charge is 0.165 e. The molecule has 0 aliphatic carbocycles. The van der Waals surface area contributed by atoms with Gasteiger partial charge >= 0.3 is 0 Å². The minimum Gasteiger partial charge on any atom is -0.340 e. The fourth-order valence-electron chi connectivity index (χ4n) is 1.17. The van der Waals surface area contributed by atoms with Crippen LogP contribution in [0.4, 0.5) is 0 Å². The summed E-state index contributed by atoms with van der Waals surface area (Å²) in [5, 5.41) is 8.44. The van der Waals surface area contributed by atoms with Crippen LogP contribution in [-0.2, 0) is 4.89 Å². The predicted octanol–water partition coefficient (Wildman–Crippen LogP) is 3.42. The minimum atomic E-state index is 0.228. The summed E-state index contributed by atoms with van der Waals surface area (Å²) < 4.78 is 1.75. The van der Waals surface area contributed by atoms with Gasteiger partial charge in [-0.25, -0.2) is 5.26 Å². The molecule has 5 heteroatoms. The van der Waals surface area contributed by atoms with Crippen LogP contribution >= 0.6 is 23.6 Å². The minimum absolute atomic E-state index is 0.228. The zero-order valence-electron chi connectivity index (χ0n) is 7.11. The lowest BCUT2D eigenvalue weighted by Gasteiger charge is -2.00. The molecule has 0 unspecified atom stereocenters. The predicted molar refractivity (Wildman–Crippen MR) is 59.8 cm³/mol. The number of hydrogen-bond donors (Lipinski definition) is 2. The molecule has 2 N–H and O–H groups in total. The SMILES string of the molecule is C=C(OO)c1ccc2[nH]c(=S)sc2c1. The average Bonchev–Trinajstić information content (AvgIpc) is 2.55. The first kappa shape index (κ1) is 9.39. The van der Waals surface area contributed by atoms with Crippen LogP contribution in [0.2, 0.25) is 0 Å². The second-order valence-electron chi connectivity index (χ2n) is 2.74. The number of aromatic amines is 1. The standard InChI is InChI=1S/C9H7NO2S2/c1-5(12-11)6-2-3-7-8(4-6)14-9(13)10-7/h2-4,11H,1H2,(H,10,13). The van der Waals surface area contributed by atoms with E-state index in [9.17, 15) is 0 Å². The van der Waals surface area contributed by atoms with Crippen LogP contribution in [0.25, 0.3) is 16.0 Å². The normalized spacial score (nSPS) is 10.4. The van der Waals surface area contributed by atoms with Gasteiger partial charge in [0.2, 0.25) is 0 Å². The van der Waals surface area contributed by atoms with E-state index in [0.29, 0.717) is 0 Å². The fraction of sp³-hybridized carbons (Fsp3) is 0. The molecule has 14 heavy (non-hydrogen) atoms. The molecule has 0 aliphatic rings. The Morgan fingerprint density at radius 2 is 2.36 bits per heavy atom. The molecule has 0 bridgehead atoms. The third-order valence-corrected chi connectivity index (χ3v) is 3.05. The number of hydrogen-bond acceptors (Lipinski definition) is 4. The maximum atomic E-state index is 8.44. The molecule has 0 radical (unpaired) electrons. The number of fused-ring (bicyclic) bond motifs is 1. The molecule has 0 fully saturated rings. The van der Waals surface area contributed by atoms with Crippen LogP contribution in [0, 0.1) is 3.95 Å². The Bertz CT molecular complexity index is 541. The van der Waals surface area contributed by atoms with E-state index in [2.05, 4.69) is 16.5 Å². The number of H-pyrrole nitrogens is 1. The summed E-state index contributed by atoms with van der Waals surface area (Å²) in [5.41, 5.74) is 1.72. The van der Waals surface area contributed by atoms with Crippen molar-refractivity contribution in [3.63, 3.8) is 0 Å². The van der Waals surface area contributed by atoms with Gasteiger partial charge in [-0.1, -0.05) is 6.58 Å². The van der Waals surface area contributed by atoms with E-state index in [1.165, 1.54) is 11.3 Å². The molecule has 2 rings (SSSR count). The molecule has 2 aromatic rings. The average molecular weight is 225 g/mol. The lowest BCUT2D eigenvalue weighted by atomic mass is 10.2. The van der Waals surface area contributed by atoms with Gasteiger partial charge in [-0.15, -0.1) is 11.3 Å². The molecule has 0 spiro atoms. The van der Waals surface area contributed by atoms with Crippen molar-refractivity contribution in [2.75, 3.05) is 0 Å². The summed E-state index contributed by atoms with van der Waals surface area (Å²) in [6.45, 7) is 3.55. The molecule has 1 aromatic heterocycles. The number of thiazole rings is 1. The van der Waals surface area contributed by atoms with Crippen molar-refractivity contribution in [1.82, 2.24) is 4.98 Å². The van der Waals surface area contributed by atoms with Crippen LogP contribution in [0.1, 0.15) is 5.56 Å². The first-order valence-electron chi connectivity index (χ1n) is 3.84. The first-order valence-corrected chi connectivity index (χ1v) is 5.07. The second-order valence-corrected chi connectivity index (χ2v) is 4.46. The van der Waals surface area contributed by atoms with Gasteiger partial charge in [-0.3, -0.25) is 0 Å². The molecule has 72 valence electrons. The van der Waals surface area contributed by atoms with Gasteiger partial charge in [0.15, 0.2) is 9.71 Å². The molecule has 0 atom stereocenters. The van der Waals surface area contributed by atoms with E-state index >= 15 is 0 Å². The zero-order valence-corrected chi connectivity index (χ0v) is 8.74. The largest absolute Gasteiger partial charge is 0.340 e. The van der Waals surface area contributed by atoms with Crippen molar-refractivity contribution in [2.24, 2.45) is 0 Å². The Morgan fingerprint density at radius 3 is 3.07 bits per heavy atom. The zero-order chi connectivity index (χ0) is 10.1. The van der Waals surface area contributed by atoms with Gasteiger partial charge in [0.05, 0.1) is 10.2 Å². The quantitative estimate of drug-likeness (QED) is 0.356. The second kappa shape index (κ2) is 3.53. The number of aromatic nitrogens is 1. The highest BCUT2D eigenvalue weighted by Gasteiger charge is 2.03. The van der Waals surface area contributed by atoms with Gasteiger partial charge in [0.25, 0.3) is 0 Å². The van der Waals surface area contributed by atoms with E-state index in [4.69, 9.17) is 17.5 Å². The highest BCUT2D eigenvalue weighted by atomic mass is 32.1. The van der Waals surface area contributed by atoms with E-state index < -0.39 is 0 Å². The molecule has 0 aliphatic heterocycles. The number of rotatable bonds is 2. The summed E-state index contributed by atoms with van der Waals surface area (Å²) in [6, 6.07) is 5.55. The van der Waals surface area contributed by atoms with Crippen LogP contribution < -0.4 is 0 Å². The number of benzene rings is 1. The molecule has 3 nitrogen and oxygen atoms in total. The first-order chi connectivity index (χ1) is 6.70. The molecule has 1 heterocycles. The lowest BCUT2D eigenvalue weighted by Crippen LogP contribution is -1.84. The summed E-state index contributed by atoms with van der Waals surface area (Å²) in [4.78, 5) is 7.11. The van der Waals surface area contributed by atoms with Crippen molar-refractivity contribution in [3.8, 4) is 0 Å². The van der Waals surface area contributed by atoms with Gasteiger partial charge in [-0.2, -0.15) is 0 Å². The topological polar surface area (TPSA) is 45.2 Å². The van der Waals surface area contributed by atoms with Crippen LogP contribution in [0.3, 0.4) is 0 Å². The molecular weight excluding hydrogens is 218 g/mol. The molecule has 0 amide bonds. The molecule has 0 saturated carbocycles. The van der Waals surface area contributed by atoms with E-state index in [0.717, 1.165) is 19.7 Å². The van der Waals surface area contributed by atoms with Crippen molar-refractivity contribution in [3.05, 3.63) is 34.3 Å². The molecular formula is C9H7NO2S2. The van der Waals surface area contributed by atoms with E-state index in [1.54, 1.807) is 6.07 Å². The lowest BCUT2D eigenvalue weighted by molar-refractivity contribution is -0.169. The Balaban J connectivity index is 2.61. The van der Waals surface area contributed by atoms with Crippen molar-refractivity contribution in [1.29, 1.82) is 0 Å². The van der Waals surface area contributed by atoms with Gasteiger partial charge in [-0.05, 0) is 30.4 Å². The Kier molecular flexibility index (Phi) is 2.37. The van der Waals surface area contributed by atoms with Crippen molar-refractivity contribution in [2.45, 2.75) is 0 Å². The monoisotopic (exact) mass is 225 g/mol. The van der Waals surface area contributed by atoms with Gasteiger partial charge in [0, 0.05) is 5.56 Å². The highest BCUT2D eigenvalue weighted by molar-refractivity contribution is 7.73. The van der Waals surface area contributed by atoms with Crippen molar-refractivity contribution < 1.29 is 10.1 Å². The number of nitrogens with one attached hydrogen (secondary N) is 1. The Hall–Kier alpha value is -1.17. The van der Waals surface area contributed by atoms with Crippen LogP contribution in [0.5, 0.6) is 0 Å².